The van der Waals surface area contributed by atoms with E-state index in [9.17, 15) is 4.79 Å². The van der Waals surface area contributed by atoms with Crippen LogP contribution < -0.4 is 11.1 Å². The molecule has 1 aromatic carbocycles. The average molecular weight is 309 g/mol. The fourth-order valence-corrected chi connectivity index (χ4v) is 2.10. The molecule has 0 heterocycles. The standard InChI is InChI=1S/C15H24N2O.2C2H6/c1-4-12-7-5-6-8-14(12)15(18)17-13(10-16)9-11(2)3;2*1-2/h5-8,11,13H,4,9-10,16H2,1-3H3,(H,17,18);2*1-2H3. The predicted molar refractivity (Wildman–Crippen MR) is 98.3 cm³/mol. The Labute approximate surface area is 137 Å². The van der Waals surface area contributed by atoms with Crippen molar-refractivity contribution in [1.82, 2.24) is 5.32 Å². The zero-order chi connectivity index (χ0) is 17.5. The van der Waals surface area contributed by atoms with Gasteiger partial charge in [0.1, 0.15) is 0 Å². The van der Waals surface area contributed by atoms with Gasteiger partial charge in [0.2, 0.25) is 0 Å². The summed E-state index contributed by atoms with van der Waals surface area (Å²) >= 11 is 0. The molecule has 3 nitrogen and oxygen atoms in total. The summed E-state index contributed by atoms with van der Waals surface area (Å²) in [6.45, 7) is 14.8. The molecule has 1 aromatic rings. The number of carbonyl (C=O) groups is 1. The minimum atomic E-state index is -0.0106. The van der Waals surface area contributed by atoms with Crippen molar-refractivity contribution in [3.63, 3.8) is 0 Å². The average Bonchev–Trinajstić information content (AvgIpc) is 2.57. The fourth-order valence-electron chi connectivity index (χ4n) is 2.10. The molecule has 0 saturated carbocycles. The maximum Gasteiger partial charge on any atom is 0.251 e. The number of amides is 1. The van der Waals surface area contributed by atoms with E-state index in [1.165, 1.54) is 0 Å². The van der Waals surface area contributed by atoms with Crippen LogP contribution in [0.3, 0.4) is 0 Å². The van der Waals surface area contributed by atoms with Crippen LogP contribution in [0.25, 0.3) is 0 Å². The lowest BCUT2D eigenvalue weighted by molar-refractivity contribution is 0.0933. The van der Waals surface area contributed by atoms with Gasteiger partial charge in [-0.05, 0) is 30.4 Å². The van der Waals surface area contributed by atoms with Gasteiger partial charge in [-0.2, -0.15) is 0 Å². The Balaban J connectivity index is 0. The highest BCUT2D eigenvalue weighted by molar-refractivity contribution is 5.95. The van der Waals surface area contributed by atoms with Crippen LogP contribution in [0.4, 0.5) is 0 Å². The smallest absolute Gasteiger partial charge is 0.251 e. The summed E-state index contributed by atoms with van der Waals surface area (Å²) in [6, 6.07) is 7.78. The maximum absolute atomic E-state index is 12.2. The Morgan fingerprint density at radius 2 is 1.68 bits per heavy atom. The number of carbonyl (C=O) groups excluding carboxylic acids is 1. The molecule has 3 heteroatoms. The van der Waals surface area contributed by atoms with Gasteiger partial charge in [0, 0.05) is 18.2 Å². The lowest BCUT2D eigenvalue weighted by Crippen LogP contribution is -2.41. The lowest BCUT2D eigenvalue weighted by Gasteiger charge is -2.19. The van der Waals surface area contributed by atoms with Gasteiger partial charge in [0.15, 0.2) is 0 Å². The Morgan fingerprint density at radius 3 is 2.14 bits per heavy atom. The van der Waals surface area contributed by atoms with E-state index in [2.05, 4.69) is 26.1 Å². The lowest BCUT2D eigenvalue weighted by atomic mass is 10.0. The zero-order valence-corrected chi connectivity index (χ0v) is 15.6. The molecule has 128 valence electrons. The van der Waals surface area contributed by atoms with Crippen molar-refractivity contribution >= 4 is 5.91 Å². The molecule has 0 spiro atoms. The summed E-state index contributed by atoms with van der Waals surface area (Å²) in [6.07, 6.45) is 1.78. The Hall–Kier alpha value is -1.35. The third-order valence-electron chi connectivity index (χ3n) is 3.02. The van der Waals surface area contributed by atoms with Gasteiger partial charge in [0.05, 0.1) is 0 Å². The van der Waals surface area contributed by atoms with E-state index in [4.69, 9.17) is 5.73 Å². The van der Waals surface area contributed by atoms with Gasteiger partial charge in [-0.1, -0.05) is 66.7 Å². The van der Waals surface area contributed by atoms with E-state index in [0.29, 0.717) is 12.5 Å². The summed E-state index contributed by atoms with van der Waals surface area (Å²) in [4.78, 5) is 12.2. The van der Waals surface area contributed by atoms with Gasteiger partial charge >= 0.3 is 0 Å². The van der Waals surface area contributed by atoms with Crippen LogP contribution in [0.1, 0.15) is 70.8 Å². The molecule has 0 aliphatic rings. The molecule has 0 bridgehead atoms. The third kappa shape index (κ3) is 8.83. The van der Waals surface area contributed by atoms with Gasteiger partial charge < -0.3 is 11.1 Å². The predicted octanol–water partition coefficient (Wildman–Crippen LogP) is 4.40. The number of nitrogens with one attached hydrogen (secondary N) is 1. The van der Waals surface area contributed by atoms with Gasteiger partial charge in [-0.25, -0.2) is 0 Å². The van der Waals surface area contributed by atoms with Crippen LogP contribution in [-0.4, -0.2) is 18.5 Å². The van der Waals surface area contributed by atoms with Crippen LogP contribution >= 0.6 is 0 Å². The van der Waals surface area contributed by atoms with Gasteiger partial charge in [0.25, 0.3) is 5.91 Å². The van der Waals surface area contributed by atoms with Crippen molar-refractivity contribution in [3.8, 4) is 0 Å². The molecule has 0 saturated heterocycles. The first-order valence-corrected chi connectivity index (χ1v) is 8.67. The number of aryl methyl sites for hydroxylation is 1. The minimum Gasteiger partial charge on any atom is -0.348 e. The number of hydrogen-bond donors (Lipinski definition) is 2. The first-order chi connectivity index (χ1) is 10.6. The normalized spacial score (nSPS) is 10.8. The fraction of sp³-hybridized carbons (Fsp3) is 0.632. The summed E-state index contributed by atoms with van der Waals surface area (Å²) in [7, 11) is 0. The second-order valence-electron chi connectivity index (χ2n) is 5.05. The van der Waals surface area contributed by atoms with Crippen molar-refractivity contribution in [2.45, 2.75) is 67.3 Å². The Bertz CT molecular complexity index is 389. The van der Waals surface area contributed by atoms with E-state index < -0.39 is 0 Å². The molecule has 3 N–H and O–H groups in total. The summed E-state index contributed by atoms with van der Waals surface area (Å²) < 4.78 is 0. The van der Waals surface area contributed by atoms with E-state index in [-0.39, 0.29) is 11.9 Å². The van der Waals surface area contributed by atoms with E-state index in [1.807, 2.05) is 52.0 Å². The second-order valence-corrected chi connectivity index (χ2v) is 5.05. The summed E-state index contributed by atoms with van der Waals surface area (Å²) in [5.74, 6) is 0.517. The van der Waals surface area contributed by atoms with Crippen LogP contribution in [-0.2, 0) is 6.42 Å². The molecule has 0 aliphatic heterocycles. The molecule has 1 rings (SSSR count). The van der Waals surface area contributed by atoms with Crippen LogP contribution in [0, 0.1) is 5.92 Å². The molecule has 1 atom stereocenters. The molecule has 1 unspecified atom stereocenters. The van der Waals surface area contributed by atoms with Crippen molar-refractivity contribution in [1.29, 1.82) is 0 Å². The molecule has 0 radical (unpaired) electrons. The topological polar surface area (TPSA) is 55.1 Å². The SMILES string of the molecule is CC.CC.CCc1ccccc1C(=O)NC(CN)CC(C)C. The number of nitrogens with two attached hydrogens (primary N) is 1. The number of hydrogen-bond acceptors (Lipinski definition) is 2. The van der Waals surface area contributed by atoms with Crippen molar-refractivity contribution in [2.24, 2.45) is 11.7 Å². The Kier molecular flexibility index (Phi) is 15.2. The molecular weight excluding hydrogens is 272 g/mol. The Morgan fingerprint density at radius 1 is 1.14 bits per heavy atom. The highest BCUT2D eigenvalue weighted by Crippen LogP contribution is 2.11. The third-order valence-corrected chi connectivity index (χ3v) is 3.02. The first kappa shape index (κ1) is 22.9. The zero-order valence-electron chi connectivity index (χ0n) is 15.6. The van der Waals surface area contributed by atoms with Crippen LogP contribution in [0.15, 0.2) is 24.3 Å². The van der Waals surface area contributed by atoms with E-state index in [1.54, 1.807) is 0 Å². The largest absolute Gasteiger partial charge is 0.348 e. The summed E-state index contributed by atoms with van der Waals surface area (Å²) in [5, 5.41) is 3.03. The van der Waals surface area contributed by atoms with Crippen molar-refractivity contribution < 1.29 is 4.79 Å². The number of benzene rings is 1. The van der Waals surface area contributed by atoms with Gasteiger partial charge in [-0.15, -0.1) is 0 Å². The molecule has 0 aromatic heterocycles. The molecule has 22 heavy (non-hydrogen) atoms. The van der Waals surface area contributed by atoms with Crippen molar-refractivity contribution in [2.75, 3.05) is 6.54 Å². The monoisotopic (exact) mass is 308 g/mol. The maximum atomic E-state index is 12.2. The van der Waals surface area contributed by atoms with E-state index >= 15 is 0 Å². The first-order valence-electron chi connectivity index (χ1n) is 8.67. The number of rotatable bonds is 6. The van der Waals surface area contributed by atoms with Gasteiger partial charge in [-0.3, -0.25) is 4.79 Å². The van der Waals surface area contributed by atoms with Crippen molar-refractivity contribution in [3.05, 3.63) is 35.4 Å². The van der Waals surface area contributed by atoms with Crippen LogP contribution in [0.2, 0.25) is 0 Å². The molecule has 0 fully saturated rings. The highest BCUT2D eigenvalue weighted by atomic mass is 16.1. The molecule has 1 amide bonds. The molecular formula is C19H36N2O. The second kappa shape index (κ2) is 14.6. The quantitative estimate of drug-likeness (QED) is 0.818. The van der Waals surface area contributed by atoms with E-state index in [0.717, 1.165) is 24.0 Å². The van der Waals surface area contributed by atoms with Crippen LogP contribution in [0.5, 0.6) is 0 Å². The summed E-state index contributed by atoms with van der Waals surface area (Å²) in [5.41, 5.74) is 7.55. The molecule has 0 aliphatic carbocycles. The minimum absolute atomic E-state index is 0.0106. The highest BCUT2D eigenvalue weighted by Gasteiger charge is 2.15.